The van der Waals surface area contributed by atoms with Crippen LogP contribution >= 0.6 is 0 Å². The number of hydrogen-bond donors (Lipinski definition) is 0. The molecule has 10 nitrogen and oxygen atoms in total. The number of carbonyl (C=O) groups is 2. The molecule has 0 aliphatic heterocycles. The summed E-state index contributed by atoms with van der Waals surface area (Å²) >= 11 is 0. The molecule has 0 amide bonds. The summed E-state index contributed by atoms with van der Waals surface area (Å²) in [5.74, 6) is 2.81. The lowest BCUT2D eigenvalue weighted by Crippen LogP contribution is -2.30. The van der Waals surface area contributed by atoms with Crippen LogP contribution in [-0.2, 0) is 20.4 Å². The minimum Gasteiger partial charge on any atom is -0.497 e. The molecule has 2 aliphatic rings. The number of methoxy groups -OCH3 is 2. The number of benzene rings is 11. The molecule has 98 heavy (non-hydrogen) atoms. The number of carbonyl (C=O) groups excluding carboxylic acids is 2. The average molecular weight is 1290 g/mol. The van der Waals surface area contributed by atoms with E-state index in [2.05, 4.69) is 180 Å². The third-order valence-electron chi connectivity index (χ3n) is 19.0. The third kappa shape index (κ3) is 15.6. The molecule has 0 saturated heterocycles. The fraction of sp³-hybridized carbons (Fsp3) is 0.182. The first-order chi connectivity index (χ1) is 48.2. The Hall–Kier alpha value is -11.4. The second kappa shape index (κ2) is 31.0. The lowest BCUT2D eigenvalue weighted by Gasteiger charge is -2.38. The first-order valence-corrected chi connectivity index (χ1v) is 33.9. The van der Waals surface area contributed by atoms with E-state index in [-0.39, 0.29) is 24.0 Å². The largest absolute Gasteiger partial charge is 0.497 e. The van der Waals surface area contributed by atoms with Crippen molar-refractivity contribution < 1.29 is 38.0 Å². The van der Waals surface area contributed by atoms with Gasteiger partial charge in [0.25, 0.3) is 0 Å². The normalized spacial score (nSPS) is 14.1. The number of esters is 2. The van der Waals surface area contributed by atoms with Gasteiger partial charge in [0.1, 0.15) is 34.5 Å². The lowest BCUT2D eigenvalue weighted by atomic mass is 9.65. The molecule has 490 valence electrons. The molecule has 11 aromatic rings. The fourth-order valence-corrected chi connectivity index (χ4v) is 14.0. The Morgan fingerprint density at radius 1 is 0.306 bits per heavy atom. The predicted molar refractivity (Wildman–Crippen MR) is 395 cm³/mol. The Morgan fingerprint density at radius 3 is 0.908 bits per heavy atom. The highest BCUT2D eigenvalue weighted by Crippen LogP contribution is 2.48. The van der Waals surface area contributed by atoms with E-state index >= 15 is 0 Å². The Labute approximate surface area is 575 Å². The molecule has 2 aliphatic carbocycles. The Morgan fingerprint density at radius 2 is 0.592 bits per heavy atom. The molecule has 0 spiro atoms. The quantitative estimate of drug-likeness (QED) is 0.0331. The Kier molecular flexibility index (Phi) is 20.7. The van der Waals surface area contributed by atoms with Crippen molar-refractivity contribution in [3.8, 4) is 34.5 Å². The van der Waals surface area contributed by atoms with Crippen molar-refractivity contribution in [3.63, 3.8) is 0 Å². The molecular weight excluding hydrogens is 1210 g/mol. The highest BCUT2D eigenvalue weighted by molar-refractivity contribution is 5.82. The topological polar surface area (TPSA) is 96.0 Å². The second-order valence-electron chi connectivity index (χ2n) is 25.2. The van der Waals surface area contributed by atoms with Crippen molar-refractivity contribution in [3.05, 3.63) is 324 Å². The summed E-state index contributed by atoms with van der Waals surface area (Å²) in [5.41, 5.74) is 14.8. The summed E-state index contributed by atoms with van der Waals surface area (Å²) in [6, 6.07) is 94.3. The summed E-state index contributed by atoms with van der Waals surface area (Å²) in [5, 5.41) is 0. The summed E-state index contributed by atoms with van der Waals surface area (Å²) in [6.45, 7) is -0.492. The van der Waals surface area contributed by atoms with Crippen LogP contribution in [-0.4, -0.2) is 39.4 Å². The molecule has 0 bridgehead atoms. The number of anilines is 6. The number of hydrogen-bond acceptors (Lipinski definition) is 10. The molecule has 0 N–H and O–H groups in total. The molecule has 10 heteroatoms. The molecule has 2 fully saturated rings. The van der Waals surface area contributed by atoms with Crippen LogP contribution in [0.25, 0.3) is 24.3 Å². The zero-order chi connectivity index (χ0) is 66.9. The standard InChI is InChI=1S/C88H80N2O8/c1-93-79-49-37-69(38-50-79)87(57-11-5-12-58-87)71-41-53-81(54-42-71)97-85(91)63-95-83-23-15-21-77(61-83)89(73-17-7-3-8-18-73)75-45-33-67(34-46-75)31-29-65-25-27-66(28-26-65)30-32-68-35-47-76(48-36-68)90(74-19-9-4-10-20-74)78-22-16-24-84(62-78)96-64-86(92)98-82-55-43-72(44-56-82)88(59-13-6-14-60-88)70-39-51-80(94-2)52-40-70/h3-4,7-10,15-56,61-62H,5-6,11-14,57-60,63-64H2,1-2H3. The van der Waals surface area contributed by atoms with E-state index in [4.69, 9.17) is 28.4 Å². The van der Waals surface area contributed by atoms with Gasteiger partial charge in [-0.25, -0.2) is 9.59 Å². The molecule has 0 aromatic heterocycles. The van der Waals surface area contributed by atoms with Crippen molar-refractivity contribution in [1.29, 1.82) is 0 Å². The molecule has 11 aromatic carbocycles. The third-order valence-corrected chi connectivity index (χ3v) is 19.0. The van der Waals surface area contributed by atoms with Gasteiger partial charge in [0.15, 0.2) is 13.2 Å². The summed E-state index contributed by atoms with van der Waals surface area (Å²) in [4.78, 5) is 30.8. The van der Waals surface area contributed by atoms with Crippen molar-refractivity contribution >= 4 is 70.4 Å². The monoisotopic (exact) mass is 1290 g/mol. The molecule has 0 heterocycles. The van der Waals surface area contributed by atoms with Gasteiger partial charge in [-0.2, -0.15) is 0 Å². The van der Waals surface area contributed by atoms with Crippen LogP contribution in [0, 0.1) is 0 Å². The van der Waals surface area contributed by atoms with Gasteiger partial charge in [0, 0.05) is 57.1 Å². The van der Waals surface area contributed by atoms with Crippen LogP contribution in [0.5, 0.6) is 34.5 Å². The van der Waals surface area contributed by atoms with Crippen LogP contribution in [0.15, 0.2) is 279 Å². The van der Waals surface area contributed by atoms with Crippen molar-refractivity contribution in [2.75, 3.05) is 37.2 Å². The molecule has 0 unspecified atom stereocenters. The first kappa shape index (κ1) is 65.3. The van der Waals surface area contributed by atoms with E-state index < -0.39 is 11.9 Å². The maximum Gasteiger partial charge on any atom is 0.349 e. The van der Waals surface area contributed by atoms with Gasteiger partial charge in [-0.1, -0.05) is 208 Å². The van der Waals surface area contributed by atoms with Crippen molar-refractivity contribution in [1.82, 2.24) is 0 Å². The van der Waals surface area contributed by atoms with Gasteiger partial charge < -0.3 is 38.2 Å². The SMILES string of the molecule is COc1ccc(C2(c3ccc(OC(=O)COc4cccc(N(c5ccccc5)c5ccc(C=Cc6ccc(C=Cc7ccc(N(c8ccccc8)c8cccc(OCC(=O)Oc9ccc(C%10(c%11ccc(OC)cc%11)CCCCC%10)cc9)c8)cc7)cc6)cc5)c4)cc3)CCCCC2)cc1. The highest BCUT2D eigenvalue weighted by atomic mass is 16.6. The van der Waals surface area contributed by atoms with Gasteiger partial charge in [-0.05, 0) is 192 Å². The summed E-state index contributed by atoms with van der Waals surface area (Å²) < 4.78 is 34.7. The lowest BCUT2D eigenvalue weighted by molar-refractivity contribution is -0.137. The maximum absolute atomic E-state index is 13.2. The van der Waals surface area contributed by atoms with E-state index in [0.29, 0.717) is 23.0 Å². The summed E-state index contributed by atoms with van der Waals surface area (Å²) in [7, 11) is 3.39. The van der Waals surface area contributed by atoms with Crippen LogP contribution < -0.4 is 38.2 Å². The van der Waals surface area contributed by atoms with Gasteiger partial charge >= 0.3 is 11.9 Å². The zero-order valence-electron chi connectivity index (χ0n) is 55.5. The van der Waals surface area contributed by atoms with E-state index in [9.17, 15) is 9.59 Å². The van der Waals surface area contributed by atoms with Gasteiger partial charge in [-0.15, -0.1) is 0 Å². The highest BCUT2D eigenvalue weighted by Gasteiger charge is 2.37. The minimum absolute atomic E-state index is 0.0893. The molecular formula is C88H80N2O8. The number of rotatable bonds is 24. The second-order valence-corrected chi connectivity index (χ2v) is 25.2. The summed E-state index contributed by atoms with van der Waals surface area (Å²) in [6.07, 6.45) is 19.9. The minimum atomic E-state index is -0.479. The van der Waals surface area contributed by atoms with E-state index in [1.54, 1.807) is 14.2 Å². The van der Waals surface area contributed by atoms with Crippen molar-refractivity contribution in [2.45, 2.75) is 75.0 Å². The van der Waals surface area contributed by atoms with Crippen LogP contribution in [0.2, 0.25) is 0 Å². The van der Waals surface area contributed by atoms with Crippen LogP contribution in [0.4, 0.5) is 34.1 Å². The van der Waals surface area contributed by atoms with Crippen LogP contribution in [0.3, 0.4) is 0 Å². The molecule has 0 atom stereocenters. The smallest absolute Gasteiger partial charge is 0.349 e. The Bertz CT molecular complexity index is 4180. The van der Waals surface area contributed by atoms with Gasteiger partial charge in [-0.3, -0.25) is 0 Å². The van der Waals surface area contributed by atoms with E-state index in [1.807, 2.05) is 133 Å². The number of para-hydroxylation sites is 2. The predicted octanol–water partition coefficient (Wildman–Crippen LogP) is 21.5. The Balaban J connectivity index is 0.608. The van der Waals surface area contributed by atoms with Crippen LogP contribution in [0.1, 0.15) is 109 Å². The first-order valence-electron chi connectivity index (χ1n) is 33.9. The van der Waals surface area contributed by atoms with E-state index in [0.717, 1.165) is 93.6 Å². The molecule has 13 rings (SSSR count). The molecule has 2 saturated carbocycles. The maximum atomic E-state index is 13.2. The van der Waals surface area contributed by atoms with Crippen molar-refractivity contribution in [2.24, 2.45) is 0 Å². The fourth-order valence-electron chi connectivity index (χ4n) is 14.0. The number of nitrogens with zero attached hydrogens (tertiary/aromatic N) is 2. The van der Waals surface area contributed by atoms with Gasteiger partial charge in [0.05, 0.1) is 14.2 Å². The number of ether oxygens (including phenoxy) is 6. The average Bonchev–Trinajstić information content (AvgIpc) is 0.781. The molecule has 0 radical (unpaired) electrons. The van der Waals surface area contributed by atoms with Gasteiger partial charge in [0.2, 0.25) is 0 Å². The van der Waals surface area contributed by atoms with E-state index in [1.165, 1.54) is 60.8 Å². The zero-order valence-corrected chi connectivity index (χ0v) is 55.5.